The van der Waals surface area contributed by atoms with Crippen LogP contribution in [0.25, 0.3) is 11.1 Å². The topological polar surface area (TPSA) is 114 Å². The number of carboxylic acids is 1. The van der Waals surface area contributed by atoms with Crippen LogP contribution in [0.2, 0.25) is 0 Å². The molecule has 0 saturated heterocycles. The number of aliphatic carboxylic acids is 1. The van der Waals surface area contributed by atoms with E-state index in [1.807, 2.05) is 53.8 Å². The lowest BCUT2D eigenvalue weighted by molar-refractivity contribution is -0.150. The Hall–Kier alpha value is -3.53. The summed E-state index contributed by atoms with van der Waals surface area (Å²) in [6.45, 7) is 1.10. The van der Waals surface area contributed by atoms with E-state index in [9.17, 15) is 28.3 Å². The SMILES string of the molecule is CCC(COC)(NC(=O)CC(NC(=O)OCC1c2ccccc2-c2ccccc21)C(F)F)C(=O)O. The van der Waals surface area contributed by atoms with Crippen molar-refractivity contribution in [3.05, 3.63) is 59.7 Å². The van der Waals surface area contributed by atoms with Crippen LogP contribution in [0, 0.1) is 0 Å². The van der Waals surface area contributed by atoms with Gasteiger partial charge in [0.05, 0.1) is 13.0 Å². The zero-order chi connectivity index (χ0) is 25.6. The van der Waals surface area contributed by atoms with Crippen molar-refractivity contribution in [1.82, 2.24) is 10.6 Å². The maximum absolute atomic E-state index is 13.6. The molecule has 0 spiro atoms. The minimum absolute atomic E-state index is 0.0267. The van der Waals surface area contributed by atoms with E-state index in [0.29, 0.717) is 0 Å². The van der Waals surface area contributed by atoms with Crippen LogP contribution in [0.15, 0.2) is 48.5 Å². The number of amides is 2. The van der Waals surface area contributed by atoms with E-state index in [4.69, 9.17) is 9.47 Å². The molecule has 1 aliphatic rings. The van der Waals surface area contributed by atoms with Crippen LogP contribution >= 0.6 is 0 Å². The first kappa shape index (κ1) is 26.1. The average Bonchev–Trinajstić information content (AvgIpc) is 3.15. The lowest BCUT2D eigenvalue weighted by Gasteiger charge is -2.29. The maximum atomic E-state index is 13.6. The third kappa shape index (κ3) is 5.76. The van der Waals surface area contributed by atoms with Crippen LogP contribution in [-0.2, 0) is 19.1 Å². The van der Waals surface area contributed by atoms with Gasteiger partial charge >= 0.3 is 12.1 Å². The fourth-order valence-corrected chi connectivity index (χ4v) is 4.25. The van der Waals surface area contributed by atoms with Gasteiger partial charge in [0.1, 0.15) is 12.6 Å². The summed E-state index contributed by atoms with van der Waals surface area (Å²) in [5.41, 5.74) is 2.21. The summed E-state index contributed by atoms with van der Waals surface area (Å²) in [6.07, 6.45) is -5.03. The van der Waals surface area contributed by atoms with E-state index in [1.54, 1.807) is 0 Å². The van der Waals surface area contributed by atoms with Gasteiger partial charge in [0.15, 0.2) is 5.54 Å². The summed E-state index contributed by atoms with van der Waals surface area (Å²) in [4.78, 5) is 36.4. The number of carboxylic acid groups (broad SMARTS) is 1. The Balaban J connectivity index is 1.63. The molecule has 2 aromatic rings. The van der Waals surface area contributed by atoms with E-state index in [-0.39, 0.29) is 25.6 Å². The van der Waals surface area contributed by atoms with E-state index in [0.717, 1.165) is 22.3 Å². The fraction of sp³-hybridized carbons (Fsp3) is 0.400. The Morgan fingerprint density at radius 3 is 2.11 bits per heavy atom. The molecule has 2 atom stereocenters. The van der Waals surface area contributed by atoms with Crippen LogP contribution in [0.3, 0.4) is 0 Å². The molecule has 0 fully saturated rings. The molecule has 0 saturated carbocycles. The summed E-state index contributed by atoms with van der Waals surface area (Å²) >= 11 is 0. The van der Waals surface area contributed by atoms with E-state index in [2.05, 4.69) is 5.32 Å². The van der Waals surface area contributed by atoms with Crippen LogP contribution in [0.5, 0.6) is 0 Å². The number of benzene rings is 2. The number of rotatable bonds is 11. The molecular formula is C25H28F2N2O6. The third-order valence-corrected chi connectivity index (χ3v) is 6.14. The van der Waals surface area contributed by atoms with Crippen LogP contribution in [0.4, 0.5) is 13.6 Å². The zero-order valence-corrected chi connectivity index (χ0v) is 19.4. The molecule has 0 bridgehead atoms. The zero-order valence-electron chi connectivity index (χ0n) is 19.4. The molecule has 2 unspecified atom stereocenters. The quantitative estimate of drug-likeness (QED) is 0.444. The highest BCUT2D eigenvalue weighted by Crippen LogP contribution is 2.44. The number of alkyl carbamates (subject to hydrolysis) is 1. The number of fused-ring (bicyclic) bond motifs is 3. The van der Waals surface area contributed by atoms with Gasteiger partial charge in [0.25, 0.3) is 6.43 Å². The van der Waals surface area contributed by atoms with Gasteiger partial charge in [-0.05, 0) is 28.7 Å². The lowest BCUT2D eigenvalue weighted by Crippen LogP contribution is -2.58. The lowest BCUT2D eigenvalue weighted by atomic mass is 9.96. The minimum Gasteiger partial charge on any atom is -0.479 e. The van der Waals surface area contributed by atoms with Gasteiger partial charge in [-0.2, -0.15) is 0 Å². The van der Waals surface area contributed by atoms with Gasteiger partial charge in [0.2, 0.25) is 5.91 Å². The van der Waals surface area contributed by atoms with Crippen molar-refractivity contribution >= 4 is 18.0 Å². The second kappa shape index (κ2) is 11.3. The van der Waals surface area contributed by atoms with Gasteiger partial charge in [0, 0.05) is 13.0 Å². The summed E-state index contributed by atoms with van der Waals surface area (Å²) in [6, 6.07) is 13.5. The number of hydrogen-bond donors (Lipinski definition) is 3. The van der Waals surface area contributed by atoms with Crippen LogP contribution < -0.4 is 10.6 Å². The van der Waals surface area contributed by atoms with Crippen LogP contribution in [0.1, 0.15) is 36.8 Å². The molecule has 0 heterocycles. The number of alkyl halides is 2. The maximum Gasteiger partial charge on any atom is 0.407 e. The Bertz CT molecular complexity index is 1030. The third-order valence-electron chi connectivity index (χ3n) is 6.14. The highest BCUT2D eigenvalue weighted by molar-refractivity contribution is 5.87. The summed E-state index contributed by atoms with van der Waals surface area (Å²) in [5.74, 6) is -2.57. The number of methoxy groups -OCH3 is 1. The monoisotopic (exact) mass is 490 g/mol. The van der Waals surface area contributed by atoms with Crippen molar-refractivity contribution in [2.45, 2.75) is 43.7 Å². The van der Waals surface area contributed by atoms with Crippen molar-refractivity contribution in [2.24, 2.45) is 0 Å². The number of hydrogen-bond acceptors (Lipinski definition) is 5. The molecule has 8 nitrogen and oxygen atoms in total. The Morgan fingerprint density at radius 1 is 1.06 bits per heavy atom. The normalized spacial score (nSPS) is 15.0. The highest BCUT2D eigenvalue weighted by atomic mass is 19.3. The smallest absolute Gasteiger partial charge is 0.407 e. The van der Waals surface area contributed by atoms with Gasteiger partial charge in [-0.25, -0.2) is 18.4 Å². The van der Waals surface area contributed by atoms with E-state index < -0.39 is 42.4 Å². The number of carbonyl (C=O) groups is 3. The first-order valence-corrected chi connectivity index (χ1v) is 11.2. The Kier molecular flexibility index (Phi) is 8.39. The van der Waals surface area contributed by atoms with Gasteiger partial charge < -0.3 is 25.2 Å². The molecule has 10 heteroatoms. The minimum atomic E-state index is -3.08. The molecule has 188 valence electrons. The van der Waals surface area contributed by atoms with Crippen LogP contribution in [-0.4, -0.2) is 61.4 Å². The van der Waals surface area contributed by atoms with E-state index in [1.165, 1.54) is 14.0 Å². The van der Waals surface area contributed by atoms with Crippen molar-refractivity contribution in [3.63, 3.8) is 0 Å². The molecule has 0 radical (unpaired) electrons. The second-order valence-electron chi connectivity index (χ2n) is 8.34. The molecule has 0 aliphatic heterocycles. The fourth-order valence-electron chi connectivity index (χ4n) is 4.25. The summed E-state index contributed by atoms with van der Waals surface area (Å²) in [5, 5.41) is 13.8. The standard InChI is InChI=1S/C25H28F2N2O6/c1-3-25(14-34-2,23(31)32)29-21(30)12-20(22(26)27)28-24(33)35-13-19-17-10-6-4-8-15(17)16-9-5-7-11-18(16)19/h4-11,19-20,22H,3,12-14H2,1-2H3,(H,28,33)(H,29,30)(H,31,32). The molecule has 35 heavy (non-hydrogen) atoms. The molecule has 3 N–H and O–H groups in total. The molecule has 2 aromatic carbocycles. The van der Waals surface area contributed by atoms with Gasteiger partial charge in [-0.1, -0.05) is 55.5 Å². The molecule has 0 aromatic heterocycles. The number of carbonyl (C=O) groups excluding carboxylic acids is 2. The van der Waals surface area contributed by atoms with Crippen molar-refractivity contribution in [3.8, 4) is 11.1 Å². The largest absolute Gasteiger partial charge is 0.479 e. The number of ether oxygens (including phenoxy) is 2. The molecular weight excluding hydrogens is 462 g/mol. The molecule has 1 aliphatic carbocycles. The van der Waals surface area contributed by atoms with Crippen molar-refractivity contribution in [1.29, 1.82) is 0 Å². The van der Waals surface area contributed by atoms with Crippen molar-refractivity contribution < 1.29 is 37.7 Å². The number of nitrogens with one attached hydrogen (secondary N) is 2. The summed E-state index contributed by atoms with van der Waals surface area (Å²) < 4.78 is 37.3. The molecule has 2 amide bonds. The average molecular weight is 491 g/mol. The van der Waals surface area contributed by atoms with Gasteiger partial charge in [-0.3, -0.25) is 4.79 Å². The summed E-state index contributed by atoms with van der Waals surface area (Å²) in [7, 11) is 1.26. The predicted octanol–water partition coefficient (Wildman–Crippen LogP) is 3.54. The number of halogens is 2. The Morgan fingerprint density at radius 2 is 1.63 bits per heavy atom. The van der Waals surface area contributed by atoms with E-state index >= 15 is 0 Å². The van der Waals surface area contributed by atoms with Crippen molar-refractivity contribution in [2.75, 3.05) is 20.3 Å². The second-order valence-corrected chi connectivity index (χ2v) is 8.34. The predicted molar refractivity (Wildman–Crippen MR) is 123 cm³/mol. The first-order valence-electron chi connectivity index (χ1n) is 11.2. The first-order chi connectivity index (χ1) is 16.7. The Labute approximate surface area is 201 Å². The highest BCUT2D eigenvalue weighted by Gasteiger charge is 2.39. The molecule has 3 rings (SSSR count). The van der Waals surface area contributed by atoms with Gasteiger partial charge in [-0.15, -0.1) is 0 Å².